The normalized spacial score (nSPS) is 33.2. The Morgan fingerprint density at radius 3 is 2.75 bits per heavy atom. The quantitative estimate of drug-likeness (QED) is 0.555. The van der Waals surface area contributed by atoms with E-state index in [2.05, 4.69) is 13.0 Å². The zero-order chi connectivity index (χ0) is 22.6. The molecule has 2 fully saturated rings. The molecule has 0 radical (unpaired) electrons. The van der Waals surface area contributed by atoms with Crippen molar-refractivity contribution in [3.05, 3.63) is 64.7 Å². The van der Waals surface area contributed by atoms with Crippen LogP contribution >= 0.6 is 0 Å². The average Bonchev–Trinajstić information content (AvgIpc) is 3.03. The first kappa shape index (κ1) is 21.7. The second kappa shape index (κ2) is 8.01. The van der Waals surface area contributed by atoms with Crippen LogP contribution in [0.5, 0.6) is 0 Å². The number of fused-ring (bicyclic) bond motifs is 5. The molecule has 0 aromatic heterocycles. The van der Waals surface area contributed by atoms with Crippen LogP contribution in [0.25, 0.3) is 0 Å². The number of aliphatic hydroxyl groups is 1. The molecule has 0 saturated heterocycles. The molecule has 2 saturated carbocycles. The van der Waals surface area contributed by atoms with Crippen molar-refractivity contribution >= 4 is 18.5 Å². The van der Waals surface area contributed by atoms with Gasteiger partial charge in [0, 0.05) is 5.56 Å². The van der Waals surface area contributed by atoms with E-state index in [1.54, 1.807) is 6.07 Å². The lowest BCUT2D eigenvalue weighted by Gasteiger charge is -2.50. The van der Waals surface area contributed by atoms with Gasteiger partial charge in [-0.15, -0.1) is 0 Å². The highest BCUT2D eigenvalue weighted by molar-refractivity contribution is 6.58. The maximum atomic E-state index is 11.6. The second-order valence-corrected chi connectivity index (χ2v) is 10.5. The number of rotatable bonds is 4. The van der Waals surface area contributed by atoms with E-state index < -0.39 is 13.0 Å². The largest absolute Gasteiger partial charge is 0.488 e. The van der Waals surface area contributed by atoms with Gasteiger partial charge in [-0.1, -0.05) is 37.3 Å². The van der Waals surface area contributed by atoms with E-state index in [1.165, 1.54) is 11.1 Å². The van der Waals surface area contributed by atoms with Crippen molar-refractivity contribution in [2.24, 2.45) is 28.9 Å². The first-order chi connectivity index (χ1) is 15.3. The van der Waals surface area contributed by atoms with E-state index in [-0.39, 0.29) is 17.4 Å². The number of carbonyl (C=O) groups excluding carboxylic acids is 1. The van der Waals surface area contributed by atoms with Gasteiger partial charge in [-0.05, 0) is 102 Å². The van der Waals surface area contributed by atoms with Gasteiger partial charge in [-0.3, -0.25) is 4.79 Å². The minimum Gasteiger partial charge on any atom is -0.423 e. The molecule has 0 heterocycles. The van der Waals surface area contributed by atoms with E-state index >= 15 is 0 Å². The van der Waals surface area contributed by atoms with Gasteiger partial charge in [0.05, 0.1) is 6.10 Å². The SMILES string of the molecule is C[C@]12CCC3c4ccc(B(O)O)cc4CCC3C1C[C@H](Cc1cccc(C(N)=O)c1)[C@@H]2O. The lowest BCUT2D eigenvalue weighted by molar-refractivity contribution is -0.0325. The van der Waals surface area contributed by atoms with Gasteiger partial charge in [0.25, 0.3) is 0 Å². The highest BCUT2D eigenvalue weighted by Gasteiger charge is 2.57. The molecule has 1 amide bonds. The second-order valence-electron chi connectivity index (χ2n) is 10.5. The van der Waals surface area contributed by atoms with Gasteiger partial charge in [0.1, 0.15) is 0 Å². The van der Waals surface area contributed by atoms with Crippen molar-refractivity contribution < 1.29 is 19.9 Å². The number of hydrogen-bond acceptors (Lipinski definition) is 4. The van der Waals surface area contributed by atoms with Gasteiger partial charge in [-0.25, -0.2) is 0 Å². The molecule has 6 atom stereocenters. The van der Waals surface area contributed by atoms with Crippen LogP contribution in [-0.2, 0) is 12.8 Å². The van der Waals surface area contributed by atoms with Crippen LogP contribution in [0.2, 0.25) is 0 Å². The molecular weight excluding hydrogens is 401 g/mol. The molecule has 0 aliphatic heterocycles. The lowest BCUT2D eigenvalue weighted by atomic mass is 9.55. The van der Waals surface area contributed by atoms with Crippen molar-refractivity contribution in [1.82, 2.24) is 0 Å². The average molecular weight is 433 g/mol. The molecule has 6 heteroatoms. The predicted molar refractivity (Wildman–Crippen MR) is 124 cm³/mol. The van der Waals surface area contributed by atoms with Gasteiger partial charge in [0.2, 0.25) is 5.91 Å². The van der Waals surface area contributed by atoms with Crippen LogP contribution in [0.3, 0.4) is 0 Å². The molecule has 5 N–H and O–H groups in total. The van der Waals surface area contributed by atoms with Crippen LogP contribution in [0.15, 0.2) is 42.5 Å². The number of nitrogens with two attached hydrogens (primary N) is 1. The fourth-order valence-electron chi connectivity index (χ4n) is 7.26. The van der Waals surface area contributed by atoms with E-state index in [0.717, 1.165) is 44.1 Å². The third-order valence-electron chi connectivity index (χ3n) is 8.87. The number of aliphatic hydroxyl groups excluding tert-OH is 1. The Balaban J connectivity index is 1.39. The molecule has 0 spiro atoms. The topological polar surface area (TPSA) is 104 Å². The summed E-state index contributed by atoms with van der Waals surface area (Å²) in [7, 11) is -1.42. The summed E-state index contributed by atoms with van der Waals surface area (Å²) < 4.78 is 0. The third-order valence-corrected chi connectivity index (χ3v) is 8.87. The first-order valence-corrected chi connectivity index (χ1v) is 11.8. The summed E-state index contributed by atoms with van der Waals surface area (Å²) in [5.41, 5.74) is 10.1. The molecule has 3 unspecified atom stereocenters. The number of amides is 1. The van der Waals surface area contributed by atoms with E-state index in [9.17, 15) is 19.9 Å². The Morgan fingerprint density at radius 2 is 2.00 bits per heavy atom. The van der Waals surface area contributed by atoms with Crippen molar-refractivity contribution in [2.75, 3.05) is 0 Å². The summed E-state index contributed by atoms with van der Waals surface area (Å²) in [6, 6.07) is 13.4. The lowest BCUT2D eigenvalue weighted by Crippen LogP contribution is -2.44. The Bertz CT molecular complexity index is 1040. The van der Waals surface area contributed by atoms with Crippen LogP contribution < -0.4 is 11.2 Å². The molecular formula is C26H32BNO4. The number of hydrogen-bond donors (Lipinski definition) is 4. The molecule has 3 aliphatic carbocycles. The molecule has 0 bridgehead atoms. The van der Waals surface area contributed by atoms with Gasteiger partial charge >= 0.3 is 7.12 Å². The molecule has 3 aliphatic rings. The fourth-order valence-corrected chi connectivity index (χ4v) is 7.26. The number of carbonyl (C=O) groups is 1. The highest BCUT2D eigenvalue weighted by atomic mass is 16.4. The third kappa shape index (κ3) is 3.49. The van der Waals surface area contributed by atoms with Gasteiger partial charge in [0.15, 0.2) is 0 Å². The number of primary amides is 1. The van der Waals surface area contributed by atoms with E-state index in [1.807, 2.05) is 30.3 Å². The van der Waals surface area contributed by atoms with E-state index in [0.29, 0.717) is 28.8 Å². The first-order valence-electron chi connectivity index (χ1n) is 11.8. The van der Waals surface area contributed by atoms with Gasteiger partial charge in [-0.2, -0.15) is 0 Å². The van der Waals surface area contributed by atoms with Crippen molar-refractivity contribution in [1.29, 1.82) is 0 Å². The minimum atomic E-state index is -1.42. The predicted octanol–water partition coefficient (Wildman–Crippen LogP) is 2.15. The monoisotopic (exact) mass is 433 g/mol. The molecule has 32 heavy (non-hydrogen) atoms. The van der Waals surface area contributed by atoms with Crippen molar-refractivity contribution in [2.45, 2.75) is 57.5 Å². The van der Waals surface area contributed by atoms with Crippen molar-refractivity contribution in [3.8, 4) is 0 Å². The Labute approximate surface area is 189 Å². The maximum absolute atomic E-state index is 11.6. The van der Waals surface area contributed by atoms with E-state index in [4.69, 9.17) is 5.73 Å². The maximum Gasteiger partial charge on any atom is 0.488 e. The van der Waals surface area contributed by atoms with Crippen LogP contribution in [0.4, 0.5) is 0 Å². The molecule has 2 aromatic rings. The molecule has 168 valence electrons. The smallest absolute Gasteiger partial charge is 0.423 e. The summed E-state index contributed by atoms with van der Waals surface area (Å²) in [6.45, 7) is 2.28. The number of benzene rings is 2. The number of aryl methyl sites for hydroxylation is 1. The summed E-state index contributed by atoms with van der Waals surface area (Å²) in [5, 5.41) is 30.5. The zero-order valence-corrected chi connectivity index (χ0v) is 18.6. The fraction of sp³-hybridized carbons (Fsp3) is 0.500. The Kier molecular flexibility index (Phi) is 5.43. The summed E-state index contributed by atoms with van der Waals surface area (Å²) in [6.07, 6.45) is 5.51. The van der Waals surface area contributed by atoms with Crippen LogP contribution in [0.1, 0.15) is 65.6 Å². The molecule has 5 rings (SSSR count). The Hall–Kier alpha value is -2.15. The summed E-state index contributed by atoms with van der Waals surface area (Å²) in [4.78, 5) is 11.6. The molecule has 2 aromatic carbocycles. The minimum absolute atomic E-state index is 0.0775. The Morgan fingerprint density at radius 1 is 1.19 bits per heavy atom. The van der Waals surface area contributed by atoms with Gasteiger partial charge < -0.3 is 20.9 Å². The van der Waals surface area contributed by atoms with Crippen molar-refractivity contribution in [3.63, 3.8) is 0 Å². The van der Waals surface area contributed by atoms with Crippen LogP contribution in [0, 0.1) is 23.2 Å². The summed E-state index contributed by atoms with van der Waals surface area (Å²) in [5.74, 6) is 1.26. The van der Waals surface area contributed by atoms with Crippen LogP contribution in [-0.4, -0.2) is 34.3 Å². The highest BCUT2D eigenvalue weighted by Crippen LogP contribution is 2.62. The standard InChI is InChI=1S/C26H32BNO4/c1-26-10-9-21-20-8-6-19(27(31)32)13-16(20)5-7-22(21)23(26)14-18(24(26)29)12-15-3-2-4-17(11-15)25(28)30/h2-4,6,8,11,13,18,21-24,29,31-32H,5,7,9-10,12,14H2,1H3,(H2,28,30)/t18-,21?,22?,23?,24-,26-/m0/s1. The zero-order valence-electron chi connectivity index (χ0n) is 18.6. The molecule has 5 nitrogen and oxygen atoms in total. The summed E-state index contributed by atoms with van der Waals surface area (Å²) >= 11 is 0.